The SMILES string of the molecule is Cc1noc2nc(-c3ccco3)cc(C(=O)NC(c3ccccc3)c3nccn3C)c12. The van der Waals surface area contributed by atoms with E-state index in [4.69, 9.17) is 8.94 Å². The van der Waals surface area contributed by atoms with E-state index in [-0.39, 0.29) is 11.6 Å². The second-order valence-corrected chi connectivity index (χ2v) is 7.19. The molecule has 0 bridgehead atoms. The van der Waals surface area contributed by atoms with Crippen LogP contribution in [-0.4, -0.2) is 25.6 Å². The van der Waals surface area contributed by atoms with Crippen molar-refractivity contribution in [1.29, 1.82) is 0 Å². The minimum absolute atomic E-state index is 0.282. The van der Waals surface area contributed by atoms with E-state index in [1.165, 1.54) is 0 Å². The van der Waals surface area contributed by atoms with Gasteiger partial charge in [-0.05, 0) is 30.7 Å². The molecule has 0 radical (unpaired) electrons. The van der Waals surface area contributed by atoms with Gasteiger partial charge >= 0.3 is 0 Å². The summed E-state index contributed by atoms with van der Waals surface area (Å²) in [6.45, 7) is 1.78. The third-order valence-corrected chi connectivity index (χ3v) is 5.16. The minimum Gasteiger partial charge on any atom is -0.463 e. The molecule has 1 amide bonds. The number of nitrogens with one attached hydrogen (secondary N) is 1. The van der Waals surface area contributed by atoms with E-state index in [1.807, 2.05) is 48.1 Å². The number of amides is 1. The number of pyridine rings is 1. The summed E-state index contributed by atoms with van der Waals surface area (Å²) in [4.78, 5) is 22.5. The molecule has 31 heavy (non-hydrogen) atoms. The van der Waals surface area contributed by atoms with Crippen LogP contribution in [0, 0.1) is 6.92 Å². The first-order valence-corrected chi connectivity index (χ1v) is 9.76. The molecule has 5 rings (SSSR count). The first-order chi connectivity index (χ1) is 15.1. The Hall–Kier alpha value is -4.20. The zero-order valence-corrected chi connectivity index (χ0v) is 16.9. The van der Waals surface area contributed by atoms with Gasteiger partial charge in [-0.15, -0.1) is 0 Å². The topological polar surface area (TPSA) is 99.0 Å². The molecule has 0 aliphatic heterocycles. The third kappa shape index (κ3) is 3.38. The molecule has 0 aliphatic carbocycles. The van der Waals surface area contributed by atoms with Crippen LogP contribution < -0.4 is 5.32 Å². The summed E-state index contributed by atoms with van der Waals surface area (Å²) in [6.07, 6.45) is 5.11. The van der Waals surface area contributed by atoms with Crippen LogP contribution in [0.4, 0.5) is 0 Å². The highest BCUT2D eigenvalue weighted by Crippen LogP contribution is 2.28. The van der Waals surface area contributed by atoms with Gasteiger partial charge < -0.3 is 18.8 Å². The van der Waals surface area contributed by atoms with Gasteiger partial charge in [0.05, 0.1) is 22.9 Å². The summed E-state index contributed by atoms with van der Waals surface area (Å²) >= 11 is 0. The van der Waals surface area contributed by atoms with Crippen molar-refractivity contribution in [1.82, 2.24) is 25.0 Å². The predicted octanol–water partition coefficient (Wildman–Crippen LogP) is 4.04. The van der Waals surface area contributed by atoms with Crippen molar-refractivity contribution >= 4 is 17.0 Å². The molecule has 1 atom stereocenters. The second-order valence-electron chi connectivity index (χ2n) is 7.19. The number of aryl methyl sites for hydroxylation is 2. The summed E-state index contributed by atoms with van der Waals surface area (Å²) in [6, 6.07) is 14.5. The molecular formula is C23H19N5O3. The summed E-state index contributed by atoms with van der Waals surface area (Å²) in [7, 11) is 1.90. The summed E-state index contributed by atoms with van der Waals surface area (Å²) in [5, 5.41) is 7.69. The number of benzene rings is 1. The number of hydrogen-bond acceptors (Lipinski definition) is 6. The standard InChI is InChI=1S/C23H19N5O3/c1-14-19-16(13-17(18-9-6-12-30-18)25-23(19)31-27-14)22(29)26-20(15-7-4-3-5-8-15)21-24-10-11-28(21)2/h3-13,20H,1-2H3,(H,26,29). The molecule has 0 saturated heterocycles. The van der Waals surface area contributed by atoms with Gasteiger partial charge in [-0.25, -0.2) is 9.97 Å². The van der Waals surface area contributed by atoms with Crippen LogP contribution in [0.15, 0.2) is 76.1 Å². The van der Waals surface area contributed by atoms with E-state index < -0.39 is 6.04 Å². The Morgan fingerprint density at radius 2 is 2.00 bits per heavy atom. The maximum absolute atomic E-state index is 13.5. The Morgan fingerprint density at radius 1 is 1.16 bits per heavy atom. The smallest absolute Gasteiger partial charge is 0.259 e. The fourth-order valence-electron chi connectivity index (χ4n) is 3.63. The van der Waals surface area contributed by atoms with Crippen LogP contribution in [0.5, 0.6) is 0 Å². The van der Waals surface area contributed by atoms with Gasteiger partial charge in [0.2, 0.25) is 0 Å². The lowest BCUT2D eigenvalue weighted by atomic mass is 10.0. The molecule has 4 aromatic heterocycles. The fraction of sp³-hybridized carbons (Fsp3) is 0.130. The number of carbonyl (C=O) groups is 1. The summed E-state index contributed by atoms with van der Waals surface area (Å²) in [5.74, 6) is 0.968. The Balaban J connectivity index is 1.60. The number of imidazole rings is 1. The van der Waals surface area contributed by atoms with Gasteiger partial charge in [0.1, 0.15) is 17.6 Å². The van der Waals surface area contributed by atoms with Crippen molar-refractivity contribution in [3.8, 4) is 11.5 Å². The van der Waals surface area contributed by atoms with Crippen LogP contribution in [0.2, 0.25) is 0 Å². The Labute approximate surface area is 177 Å². The molecule has 0 fully saturated rings. The summed E-state index contributed by atoms with van der Waals surface area (Å²) < 4.78 is 12.7. The second kappa shape index (κ2) is 7.56. The lowest BCUT2D eigenvalue weighted by Gasteiger charge is -2.19. The number of fused-ring (bicyclic) bond motifs is 1. The van der Waals surface area contributed by atoms with E-state index in [1.54, 1.807) is 37.6 Å². The van der Waals surface area contributed by atoms with Crippen LogP contribution in [-0.2, 0) is 7.05 Å². The predicted molar refractivity (Wildman–Crippen MR) is 113 cm³/mol. The van der Waals surface area contributed by atoms with Gasteiger partial charge in [-0.2, -0.15) is 0 Å². The van der Waals surface area contributed by atoms with Crippen molar-refractivity contribution in [2.45, 2.75) is 13.0 Å². The molecule has 1 N–H and O–H groups in total. The number of rotatable bonds is 5. The molecule has 0 saturated carbocycles. The minimum atomic E-state index is -0.441. The third-order valence-electron chi connectivity index (χ3n) is 5.16. The normalized spacial score (nSPS) is 12.2. The van der Waals surface area contributed by atoms with Crippen molar-refractivity contribution in [2.24, 2.45) is 7.05 Å². The average molecular weight is 413 g/mol. The van der Waals surface area contributed by atoms with Crippen molar-refractivity contribution in [3.63, 3.8) is 0 Å². The molecule has 4 heterocycles. The highest BCUT2D eigenvalue weighted by molar-refractivity contribution is 6.07. The van der Waals surface area contributed by atoms with E-state index in [0.29, 0.717) is 28.1 Å². The van der Waals surface area contributed by atoms with Crippen LogP contribution in [0.25, 0.3) is 22.6 Å². The van der Waals surface area contributed by atoms with E-state index in [0.717, 1.165) is 11.4 Å². The van der Waals surface area contributed by atoms with Gasteiger partial charge in [-0.3, -0.25) is 4.79 Å². The highest BCUT2D eigenvalue weighted by atomic mass is 16.5. The van der Waals surface area contributed by atoms with Crippen molar-refractivity contribution in [3.05, 3.63) is 89.8 Å². The number of nitrogens with zero attached hydrogens (tertiary/aromatic N) is 4. The maximum Gasteiger partial charge on any atom is 0.259 e. The molecule has 0 spiro atoms. The van der Waals surface area contributed by atoms with Crippen LogP contribution in [0.3, 0.4) is 0 Å². The quantitative estimate of drug-likeness (QED) is 0.467. The molecule has 1 unspecified atom stereocenters. The Bertz CT molecular complexity index is 1350. The average Bonchev–Trinajstić information content (AvgIpc) is 3.54. The van der Waals surface area contributed by atoms with Crippen LogP contribution >= 0.6 is 0 Å². The zero-order valence-electron chi connectivity index (χ0n) is 16.9. The van der Waals surface area contributed by atoms with E-state index in [2.05, 4.69) is 20.4 Å². The van der Waals surface area contributed by atoms with Gasteiger partial charge in [0, 0.05) is 19.4 Å². The molecular weight excluding hydrogens is 394 g/mol. The number of aromatic nitrogens is 4. The molecule has 5 aromatic rings. The number of hydrogen-bond donors (Lipinski definition) is 1. The van der Waals surface area contributed by atoms with E-state index >= 15 is 0 Å². The molecule has 1 aromatic carbocycles. The molecule has 0 aliphatic rings. The van der Waals surface area contributed by atoms with Crippen molar-refractivity contribution < 1.29 is 13.7 Å². The first kappa shape index (κ1) is 18.8. The van der Waals surface area contributed by atoms with Gasteiger partial charge in [-0.1, -0.05) is 35.5 Å². The molecule has 8 heteroatoms. The summed E-state index contributed by atoms with van der Waals surface area (Å²) in [5.41, 5.74) is 2.69. The lowest BCUT2D eigenvalue weighted by Crippen LogP contribution is -2.31. The Kier molecular flexibility index (Phi) is 4.59. The largest absolute Gasteiger partial charge is 0.463 e. The van der Waals surface area contributed by atoms with Crippen molar-refractivity contribution in [2.75, 3.05) is 0 Å². The zero-order chi connectivity index (χ0) is 21.4. The van der Waals surface area contributed by atoms with E-state index in [9.17, 15) is 4.79 Å². The first-order valence-electron chi connectivity index (χ1n) is 9.76. The van der Waals surface area contributed by atoms with Crippen LogP contribution in [0.1, 0.15) is 33.5 Å². The highest BCUT2D eigenvalue weighted by Gasteiger charge is 2.25. The maximum atomic E-state index is 13.5. The monoisotopic (exact) mass is 413 g/mol. The molecule has 154 valence electrons. The lowest BCUT2D eigenvalue weighted by molar-refractivity contribution is 0.0942. The number of furan rings is 1. The molecule has 8 nitrogen and oxygen atoms in total. The van der Waals surface area contributed by atoms with Gasteiger partial charge in [0.15, 0.2) is 5.76 Å². The fourth-order valence-corrected chi connectivity index (χ4v) is 3.63. The Morgan fingerprint density at radius 3 is 2.71 bits per heavy atom. The number of carbonyl (C=O) groups excluding carboxylic acids is 1. The van der Waals surface area contributed by atoms with Gasteiger partial charge in [0.25, 0.3) is 11.6 Å².